The number of nitrogens with one attached hydrogen (secondary N) is 2. The van der Waals surface area contributed by atoms with Crippen LogP contribution in [0.4, 0.5) is 0 Å². The second kappa shape index (κ2) is 11.6. The van der Waals surface area contributed by atoms with Crippen LogP contribution < -0.4 is 10.6 Å². The van der Waals surface area contributed by atoms with Gasteiger partial charge >= 0.3 is 0 Å². The van der Waals surface area contributed by atoms with Gasteiger partial charge in [-0.05, 0) is 37.9 Å². The lowest BCUT2D eigenvalue weighted by Crippen LogP contribution is -2.48. The quantitative estimate of drug-likeness (QED) is 0.346. The summed E-state index contributed by atoms with van der Waals surface area (Å²) >= 11 is 6.02. The summed E-state index contributed by atoms with van der Waals surface area (Å²) in [6.45, 7) is 6.10. The van der Waals surface area contributed by atoms with E-state index in [1.807, 2.05) is 24.3 Å². The van der Waals surface area contributed by atoms with Gasteiger partial charge in [0.1, 0.15) is 0 Å². The van der Waals surface area contributed by atoms with Gasteiger partial charge in [0.25, 0.3) is 0 Å². The number of guanidine groups is 1. The van der Waals surface area contributed by atoms with Crippen LogP contribution in [0.5, 0.6) is 0 Å². The van der Waals surface area contributed by atoms with Gasteiger partial charge in [0.15, 0.2) is 5.96 Å². The van der Waals surface area contributed by atoms with Gasteiger partial charge in [-0.1, -0.05) is 35.8 Å². The minimum atomic E-state index is 0. The van der Waals surface area contributed by atoms with Gasteiger partial charge in [-0.15, -0.1) is 24.0 Å². The van der Waals surface area contributed by atoms with Crippen molar-refractivity contribution in [1.29, 1.82) is 0 Å². The van der Waals surface area contributed by atoms with Crippen LogP contribution in [-0.4, -0.2) is 53.7 Å². The molecule has 0 bridgehead atoms. The van der Waals surface area contributed by atoms with Crippen molar-refractivity contribution in [2.45, 2.75) is 38.8 Å². The van der Waals surface area contributed by atoms with Crippen molar-refractivity contribution >= 4 is 41.5 Å². The summed E-state index contributed by atoms with van der Waals surface area (Å²) in [7, 11) is 1.77. The first-order valence-electron chi connectivity index (χ1n) is 9.46. The Balaban J connectivity index is 0.00000280. The maximum Gasteiger partial charge on any atom is 0.246 e. The molecule has 7 nitrogen and oxygen atoms in total. The number of aromatic nitrogens is 2. The summed E-state index contributed by atoms with van der Waals surface area (Å²) in [6, 6.07) is 7.84. The molecule has 0 unspecified atom stereocenters. The van der Waals surface area contributed by atoms with E-state index in [4.69, 9.17) is 16.1 Å². The average molecular weight is 519 g/mol. The van der Waals surface area contributed by atoms with Crippen LogP contribution in [0.25, 0.3) is 11.4 Å². The van der Waals surface area contributed by atoms with Gasteiger partial charge in [-0.2, -0.15) is 4.98 Å². The molecule has 9 heteroatoms. The number of hydrogen-bond donors (Lipinski definition) is 2. The molecule has 2 heterocycles. The standard InChI is InChI=1S/C19H27ClN6O.HI/c1-3-9-26-10-7-16(8-11-26)23-19(21-2)22-13-17-24-18(25-27-17)14-5-4-6-15(20)12-14;/h4-6,12,16H,3,7-11,13H2,1-2H3,(H2,21,22,23);1H. The van der Waals surface area contributed by atoms with E-state index in [1.54, 1.807) is 7.05 Å². The number of rotatable bonds is 6. The van der Waals surface area contributed by atoms with Crippen molar-refractivity contribution in [1.82, 2.24) is 25.7 Å². The van der Waals surface area contributed by atoms with Crippen molar-refractivity contribution < 1.29 is 4.52 Å². The van der Waals surface area contributed by atoms with Crippen LogP contribution in [0.15, 0.2) is 33.8 Å². The highest BCUT2D eigenvalue weighted by Gasteiger charge is 2.19. The molecule has 1 aliphatic heterocycles. The smallest absolute Gasteiger partial charge is 0.246 e. The summed E-state index contributed by atoms with van der Waals surface area (Å²) in [5.41, 5.74) is 0.832. The van der Waals surface area contributed by atoms with E-state index in [1.165, 1.54) is 13.0 Å². The minimum absolute atomic E-state index is 0. The maximum absolute atomic E-state index is 6.02. The summed E-state index contributed by atoms with van der Waals surface area (Å²) in [5, 5.41) is 11.4. The molecule has 0 atom stereocenters. The molecule has 3 rings (SSSR count). The molecule has 2 N–H and O–H groups in total. The number of aliphatic imine (C=N–C) groups is 1. The molecule has 28 heavy (non-hydrogen) atoms. The molecular formula is C19H28ClIN6O. The third kappa shape index (κ3) is 6.59. The third-order valence-corrected chi connectivity index (χ3v) is 4.88. The van der Waals surface area contributed by atoms with E-state index in [-0.39, 0.29) is 24.0 Å². The largest absolute Gasteiger partial charge is 0.354 e. The molecule has 0 amide bonds. The lowest BCUT2D eigenvalue weighted by atomic mass is 10.1. The topological polar surface area (TPSA) is 78.6 Å². The Labute approximate surface area is 188 Å². The first kappa shape index (κ1) is 22.9. The lowest BCUT2D eigenvalue weighted by Gasteiger charge is -2.32. The van der Waals surface area contributed by atoms with Crippen molar-refractivity contribution in [3.8, 4) is 11.4 Å². The normalized spacial score (nSPS) is 15.9. The highest BCUT2D eigenvalue weighted by molar-refractivity contribution is 14.0. The Hall–Kier alpha value is -1.39. The molecule has 0 saturated carbocycles. The minimum Gasteiger partial charge on any atom is -0.354 e. The Bertz CT molecular complexity index is 760. The van der Waals surface area contributed by atoms with Gasteiger partial charge in [0, 0.05) is 36.8 Å². The van der Waals surface area contributed by atoms with Crippen LogP contribution >= 0.6 is 35.6 Å². The fourth-order valence-corrected chi connectivity index (χ4v) is 3.43. The van der Waals surface area contributed by atoms with E-state index < -0.39 is 0 Å². The monoisotopic (exact) mass is 518 g/mol. The van der Waals surface area contributed by atoms with E-state index in [0.717, 1.165) is 37.5 Å². The zero-order valence-corrected chi connectivity index (χ0v) is 19.4. The van der Waals surface area contributed by atoms with Gasteiger partial charge in [-0.3, -0.25) is 4.99 Å². The molecule has 1 aliphatic rings. The van der Waals surface area contributed by atoms with E-state index >= 15 is 0 Å². The van der Waals surface area contributed by atoms with Crippen LogP contribution in [0.3, 0.4) is 0 Å². The number of halogens is 2. The molecule has 0 spiro atoms. The highest BCUT2D eigenvalue weighted by atomic mass is 127. The van der Waals surface area contributed by atoms with Crippen LogP contribution in [0, 0.1) is 0 Å². The average Bonchev–Trinajstić information content (AvgIpc) is 3.16. The predicted octanol–water partition coefficient (Wildman–Crippen LogP) is 3.55. The van der Waals surface area contributed by atoms with Crippen LogP contribution in [-0.2, 0) is 6.54 Å². The van der Waals surface area contributed by atoms with Gasteiger partial charge < -0.3 is 20.1 Å². The Morgan fingerprint density at radius 1 is 1.36 bits per heavy atom. The van der Waals surface area contributed by atoms with Crippen molar-refractivity contribution in [2.75, 3.05) is 26.7 Å². The number of benzene rings is 1. The van der Waals surface area contributed by atoms with Gasteiger partial charge in [0.05, 0.1) is 6.54 Å². The van der Waals surface area contributed by atoms with Gasteiger partial charge in [0.2, 0.25) is 11.7 Å². The highest BCUT2D eigenvalue weighted by Crippen LogP contribution is 2.19. The maximum atomic E-state index is 6.02. The van der Waals surface area contributed by atoms with Crippen molar-refractivity contribution in [3.05, 3.63) is 35.2 Å². The summed E-state index contributed by atoms with van der Waals surface area (Å²) < 4.78 is 5.33. The third-order valence-electron chi connectivity index (χ3n) is 4.65. The lowest BCUT2D eigenvalue weighted by molar-refractivity contribution is 0.206. The second-order valence-electron chi connectivity index (χ2n) is 6.71. The number of likely N-dealkylation sites (tertiary alicyclic amines) is 1. The molecule has 1 aromatic carbocycles. The first-order chi connectivity index (χ1) is 13.2. The molecule has 0 radical (unpaired) electrons. The van der Waals surface area contributed by atoms with Crippen LogP contribution in [0.2, 0.25) is 5.02 Å². The SMILES string of the molecule is CCCN1CCC(NC(=NC)NCc2nc(-c3cccc(Cl)c3)no2)CC1.I. The molecule has 1 saturated heterocycles. The summed E-state index contributed by atoms with van der Waals surface area (Å²) in [4.78, 5) is 11.2. The molecule has 1 aromatic heterocycles. The number of nitrogens with zero attached hydrogens (tertiary/aromatic N) is 4. The Morgan fingerprint density at radius 2 is 2.14 bits per heavy atom. The second-order valence-corrected chi connectivity index (χ2v) is 7.14. The molecule has 2 aromatic rings. The Kier molecular flexibility index (Phi) is 9.46. The van der Waals surface area contributed by atoms with Crippen molar-refractivity contribution in [2.24, 2.45) is 4.99 Å². The Morgan fingerprint density at radius 3 is 2.82 bits per heavy atom. The van der Waals surface area contributed by atoms with E-state index in [0.29, 0.717) is 29.3 Å². The number of piperidine rings is 1. The fraction of sp³-hybridized carbons (Fsp3) is 0.526. The van der Waals surface area contributed by atoms with Crippen molar-refractivity contribution in [3.63, 3.8) is 0 Å². The molecule has 0 aliphatic carbocycles. The zero-order valence-electron chi connectivity index (χ0n) is 16.3. The van der Waals surface area contributed by atoms with Crippen LogP contribution in [0.1, 0.15) is 32.1 Å². The van der Waals surface area contributed by atoms with E-state index in [2.05, 4.69) is 37.6 Å². The molecule has 1 fully saturated rings. The zero-order chi connectivity index (χ0) is 19.1. The van der Waals surface area contributed by atoms with E-state index in [9.17, 15) is 0 Å². The molecular weight excluding hydrogens is 491 g/mol. The summed E-state index contributed by atoms with van der Waals surface area (Å²) in [5.74, 6) is 1.79. The fourth-order valence-electron chi connectivity index (χ4n) is 3.24. The predicted molar refractivity (Wildman–Crippen MR) is 123 cm³/mol. The summed E-state index contributed by atoms with van der Waals surface area (Å²) in [6.07, 6.45) is 3.46. The first-order valence-corrected chi connectivity index (χ1v) is 9.83. The van der Waals surface area contributed by atoms with Gasteiger partial charge in [-0.25, -0.2) is 0 Å². The molecule has 154 valence electrons. The number of hydrogen-bond acceptors (Lipinski definition) is 5.